The van der Waals surface area contributed by atoms with E-state index in [-0.39, 0.29) is 11.9 Å². The summed E-state index contributed by atoms with van der Waals surface area (Å²) in [6.45, 7) is 2.88. The van der Waals surface area contributed by atoms with Crippen LogP contribution in [0.4, 0.5) is 5.69 Å². The summed E-state index contributed by atoms with van der Waals surface area (Å²) >= 11 is 0. The lowest BCUT2D eigenvalue weighted by atomic mass is 10.1. The zero-order chi connectivity index (χ0) is 13.2. The fourth-order valence-electron chi connectivity index (χ4n) is 2.47. The first-order chi connectivity index (χ1) is 9.24. The Bertz CT molecular complexity index is 618. The molecule has 2 aromatic rings. The van der Waals surface area contributed by atoms with Gasteiger partial charge in [0.15, 0.2) is 0 Å². The Balaban J connectivity index is 1.91. The van der Waals surface area contributed by atoms with E-state index in [1.165, 1.54) is 0 Å². The standard InChI is InChI=1S/C15H17N3O/c1-10-7-8-11-4-2-5-12(14(11)17-10)18-15(19)13-6-3-9-16-13/h2,4-5,7-8,13,16H,3,6,9H2,1H3,(H,18,19). The summed E-state index contributed by atoms with van der Waals surface area (Å²) in [6.07, 6.45) is 1.97. The minimum Gasteiger partial charge on any atom is -0.323 e. The van der Waals surface area contributed by atoms with Crippen molar-refractivity contribution in [2.45, 2.75) is 25.8 Å². The van der Waals surface area contributed by atoms with Crippen molar-refractivity contribution >= 4 is 22.5 Å². The van der Waals surface area contributed by atoms with Crippen molar-refractivity contribution in [1.82, 2.24) is 10.3 Å². The van der Waals surface area contributed by atoms with Crippen LogP contribution in [0.5, 0.6) is 0 Å². The SMILES string of the molecule is Cc1ccc2cccc(NC(=O)C3CCCN3)c2n1. The van der Waals surface area contributed by atoms with Gasteiger partial charge in [0.2, 0.25) is 5.91 Å². The highest BCUT2D eigenvalue weighted by atomic mass is 16.2. The second kappa shape index (κ2) is 4.97. The number of rotatable bonds is 2. The highest BCUT2D eigenvalue weighted by Crippen LogP contribution is 2.22. The third-order valence-electron chi connectivity index (χ3n) is 3.49. The average Bonchev–Trinajstić information content (AvgIpc) is 2.93. The van der Waals surface area contributed by atoms with Gasteiger partial charge in [-0.15, -0.1) is 0 Å². The van der Waals surface area contributed by atoms with Crippen LogP contribution in [0.3, 0.4) is 0 Å². The number of hydrogen-bond donors (Lipinski definition) is 2. The number of anilines is 1. The Labute approximate surface area is 112 Å². The molecule has 0 radical (unpaired) electrons. The van der Waals surface area contributed by atoms with E-state index in [1.54, 1.807) is 0 Å². The van der Waals surface area contributed by atoms with Crippen LogP contribution < -0.4 is 10.6 Å². The molecule has 1 aromatic heterocycles. The van der Waals surface area contributed by atoms with Crippen molar-refractivity contribution in [2.75, 3.05) is 11.9 Å². The topological polar surface area (TPSA) is 54.0 Å². The van der Waals surface area contributed by atoms with Crippen LogP contribution in [0.2, 0.25) is 0 Å². The van der Waals surface area contributed by atoms with E-state index in [2.05, 4.69) is 15.6 Å². The van der Waals surface area contributed by atoms with Gasteiger partial charge in [0.05, 0.1) is 17.2 Å². The number of amides is 1. The van der Waals surface area contributed by atoms with Crippen molar-refractivity contribution in [3.05, 3.63) is 36.0 Å². The minimum atomic E-state index is -0.0694. The quantitative estimate of drug-likeness (QED) is 0.865. The van der Waals surface area contributed by atoms with E-state index in [4.69, 9.17) is 0 Å². The molecular weight excluding hydrogens is 238 g/mol. The zero-order valence-corrected chi connectivity index (χ0v) is 10.9. The number of hydrogen-bond acceptors (Lipinski definition) is 3. The Morgan fingerprint density at radius 1 is 1.37 bits per heavy atom. The Kier molecular flexibility index (Phi) is 3.17. The van der Waals surface area contributed by atoms with Gasteiger partial charge in [0.1, 0.15) is 0 Å². The van der Waals surface area contributed by atoms with Crippen LogP contribution >= 0.6 is 0 Å². The molecule has 19 heavy (non-hydrogen) atoms. The summed E-state index contributed by atoms with van der Waals surface area (Å²) in [5, 5.41) is 7.24. The van der Waals surface area contributed by atoms with Gasteiger partial charge in [0.25, 0.3) is 0 Å². The first-order valence-corrected chi connectivity index (χ1v) is 6.65. The number of carbonyl (C=O) groups is 1. The maximum atomic E-state index is 12.1. The molecule has 1 fully saturated rings. The van der Waals surface area contributed by atoms with Crippen LogP contribution in [-0.4, -0.2) is 23.5 Å². The number of para-hydroxylation sites is 1. The molecule has 1 unspecified atom stereocenters. The lowest BCUT2D eigenvalue weighted by Crippen LogP contribution is -2.35. The Hall–Kier alpha value is -1.94. The van der Waals surface area contributed by atoms with Crippen molar-refractivity contribution in [3.8, 4) is 0 Å². The lowest BCUT2D eigenvalue weighted by Gasteiger charge is -2.12. The molecule has 0 saturated carbocycles. The van der Waals surface area contributed by atoms with Crippen LogP contribution in [-0.2, 0) is 4.79 Å². The van der Waals surface area contributed by atoms with E-state index in [0.29, 0.717) is 0 Å². The second-order valence-electron chi connectivity index (χ2n) is 4.97. The van der Waals surface area contributed by atoms with Crippen LogP contribution in [0.1, 0.15) is 18.5 Å². The van der Waals surface area contributed by atoms with Gasteiger partial charge in [-0.25, -0.2) is 0 Å². The summed E-state index contributed by atoms with van der Waals surface area (Å²) in [5.74, 6) is 0.0355. The second-order valence-corrected chi connectivity index (χ2v) is 4.97. The van der Waals surface area contributed by atoms with E-state index in [0.717, 1.165) is 41.7 Å². The molecule has 0 aliphatic carbocycles. The number of aryl methyl sites for hydroxylation is 1. The van der Waals surface area contributed by atoms with Gasteiger partial charge in [-0.2, -0.15) is 0 Å². The van der Waals surface area contributed by atoms with E-state index >= 15 is 0 Å². The summed E-state index contributed by atoms with van der Waals surface area (Å²) < 4.78 is 0. The van der Waals surface area contributed by atoms with Gasteiger partial charge < -0.3 is 10.6 Å². The molecule has 1 saturated heterocycles. The molecule has 2 N–H and O–H groups in total. The van der Waals surface area contributed by atoms with Crippen LogP contribution in [0.15, 0.2) is 30.3 Å². The molecule has 0 spiro atoms. The molecule has 1 aliphatic heterocycles. The first kappa shape index (κ1) is 12.1. The summed E-state index contributed by atoms with van der Waals surface area (Å²) in [4.78, 5) is 16.7. The molecule has 3 rings (SSSR count). The first-order valence-electron chi connectivity index (χ1n) is 6.65. The number of carbonyl (C=O) groups excluding carboxylic acids is 1. The fourth-order valence-corrected chi connectivity index (χ4v) is 2.47. The van der Waals surface area contributed by atoms with Crippen LogP contribution in [0, 0.1) is 6.92 Å². The van der Waals surface area contributed by atoms with Crippen molar-refractivity contribution in [2.24, 2.45) is 0 Å². The fraction of sp³-hybridized carbons (Fsp3) is 0.333. The smallest absolute Gasteiger partial charge is 0.241 e. The number of aromatic nitrogens is 1. The van der Waals surface area contributed by atoms with E-state index < -0.39 is 0 Å². The molecule has 98 valence electrons. The largest absolute Gasteiger partial charge is 0.323 e. The normalized spacial score (nSPS) is 18.7. The third kappa shape index (κ3) is 2.44. The van der Waals surface area contributed by atoms with Crippen molar-refractivity contribution < 1.29 is 4.79 Å². The monoisotopic (exact) mass is 255 g/mol. The Morgan fingerprint density at radius 2 is 2.26 bits per heavy atom. The van der Waals surface area contributed by atoms with Gasteiger partial charge in [-0.05, 0) is 38.4 Å². The number of pyridine rings is 1. The predicted octanol–water partition coefficient (Wildman–Crippen LogP) is 2.23. The van der Waals surface area contributed by atoms with Gasteiger partial charge in [-0.1, -0.05) is 18.2 Å². The van der Waals surface area contributed by atoms with Gasteiger partial charge >= 0.3 is 0 Å². The number of benzene rings is 1. The maximum Gasteiger partial charge on any atom is 0.241 e. The predicted molar refractivity (Wildman–Crippen MR) is 76.1 cm³/mol. The minimum absolute atomic E-state index is 0.0355. The highest BCUT2D eigenvalue weighted by Gasteiger charge is 2.22. The zero-order valence-electron chi connectivity index (χ0n) is 10.9. The molecule has 2 heterocycles. The molecule has 1 aromatic carbocycles. The summed E-state index contributed by atoms with van der Waals surface area (Å²) in [7, 11) is 0. The maximum absolute atomic E-state index is 12.1. The molecule has 4 nitrogen and oxygen atoms in total. The van der Waals surface area contributed by atoms with Gasteiger partial charge in [-0.3, -0.25) is 9.78 Å². The lowest BCUT2D eigenvalue weighted by molar-refractivity contribution is -0.117. The number of nitrogens with one attached hydrogen (secondary N) is 2. The summed E-state index contributed by atoms with van der Waals surface area (Å²) in [6, 6.07) is 9.79. The van der Waals surface area contributed by atoms with E-state index in [1.807, 2.05) is 37.3 Å². The highest BCUT2D eigenvalue weighted by molar-refractivity contribution is 6.02. The summed E-state index contributed by atoms with van der Waals surface area (Å²) in [5.41, 5.74) is 2.60. The van der Waals surface area contributed by atoms with Gasteiger partial charge in [0, 0.05) is 11.1 Å². The molecule has 1 atom stereocenters. The molecular formula is C15H17N3O. The van der Waals surface area contributed by atoms with Crippen molar-refractivity contribution in [3.63, 3.8) is 0 Å². The average molecular weight is 255 g/mol. The van der Waals surface area contributed by atoms with Crippen molar-refractivity contribution in [1.29, 1.82) is 0 Å². The molecule has 0 bridgehead atoms. The van der Waals surface area contributed by atoms with E-state index in [9.17, 15) is 4.79 Å². The number of nitrogens with zero attached hydrogens (tertiary/aromatic N) is 1. The molecule has 1 aliphatic rings. The number of fused-ring (bicyclic) bond motifs is 1. The molecule has 1 amide bonds. The Morgan fingerprint density at radius 3 is 3.05 bits per heavy atom. The third-order valence-corrected chi connectivity index (χ3v) is 3.49. The van der Waals surface area contributed by atoms with Crippen LogP contribution in [0.25, 0.3) is 10.9 Å². The molecule has 4 heteroatoms.